The molecule has 0 saturated carbocycles. The summed E-state index contributed by atoms with van der Waals surface area (Å²) in [5, 5.41) is 5.87. The molecule has 7 heteroatoms. The van der Waals surface area contributed by atoms with E-state index in [0.29, 0.717) is 27.8 Å². The van der Waals surface area contributed by atoms with Gasteiger partial charge in [0.2, 0.25) is 6.23 Å². The van der Waals surface area contributed by atoms with Crippen molar-refractivity contribution in [1.29, 1.82) is 0 Å². The Bertz CT molecular complexity index is 1060. The van der Waals surface area contributed by atoms with E-state index in [4.69, 9.17) is 14.2 Å². The smallest absolute Gasteiger partial charge is 0.344 e. The minimum absolute atomic E-state index is 0.379. The number of esters is 1. The molecule has 3 aromatic rings. The lowest BCUT2D eigenvalue weighted by molar-refractivity contribution is 0.0435. The van der Waals surface area contributed by atoms with Gasteiger partial charge in [-0.25, -0.2) is 9.78 Å². The van der Waals surface area contributed by atoms with Crippen molar-refractivity contribution >= 4 is 22.4 Å². The zero-order valence-electron chi connectivity index (χ0n) is 16.0. The molecule has 1 atom stereocenters. The first kappa shape index (κ1) is 18.3. The molecule has 6 nitrogen and oxygen atoms in total. The topological polar surface area (TPSA) is 69.7 Å². The molecule has 2 heterocycles. The van der Waals surface area contributed by atoms with Crippen molar-refractivity contribution in [2.45, 2.75) is 20.1 Å². The number of nitrogens with zero attached hydrogens (tertiary/aromatic N) is 1. The Morgan fingerprint density at radius 1 is 1.14 bits per heavy atom. The van der Waals surface area contributed by atoms with Crippen molar-refractivity contribution in [2.75, 3.05) is 19.5 Å². The van der Waals surface area contributed by atoms with Crippen LogP contribution in [0.2, 0.25) is 0 Å². The van der Waals surface area contributed by atoms with E-state index in [2.05, 4.69) is 42.3 Å². The molecule has 144 valence electrons. The van der Waals surface area contributed by atoms with Gasteiger partial charge >= 0.3 is 5.97 Å². The number of ether oxygens (including phenoxy) is 3. The van der Waals surface area contributed by atoms with Gasteiger partial charge in [0, 0.05) is 16.5 Å². The first-order chi connectivity index (χ1) is 13.5. The van der Waals surface area contributed by atoms with Crippen molar-refractivity contribution in [3.05, 3.63) is 58.0 Å². The lowest BCUT2D eigenvalue weighted by atomic mass is 10.0. The molecule has 1 unspecified atom stereocenters. The highest BCUT2D eigenvalue weighted by atomic mass is 32.1. The standard InChI is InChI=1S/C21H20N2O4S/c1-11-5-6-13(12(2)9-11)15-10-28-21(22-15)23-19-14-7-8-16(25-3)18(26-4)17(14)20(24)27-19/h5-10,19H,1-4H3,(H,22,23). The molecule has 4 rings (SSSR count). The van der Waals surface area contributed by atoms with Crippen molar-refractivity contribution in [2.24, 2.45) is 0 Å². The van der Waals surface area contributed by atoms with Crippen molar-refractivity contribution in [3.63, 3.8) is 0 Å². The molecule has 0 bridgehead atoms. The summed E-state index contributed by atoms with van der Waals surface area (Å²) in [4.78, 5) is 17.1. The Labute approximate surface area is 167 Å². The van der Waals surface area contributed by atoms with E-state index in [-0.39, 0.29) is 0 Å². The highest BCUT2D eigenvalue weighted by Crippen LogP contribution is 2.42. The highest BCUT2D eigenvalue weighted by Gasteiger charge is 2.36. The third-order valence-electron chi connectivity index (χ3n) is 4.71. The second-order valence-corrected chi connectivity index (χ2v) is 7.41. The number of cyclic esters (lactones) is 1. The normalized spacial score (nSPS) is 15.1. The quantitative estimate of drug-likeness (QED) is 0.629. The fraction of sp³-hybridized carbons (Fsp3) is 0.238. The fourth-order valence-electron chi connectivity index (χ4n) is 3.38. The minimum atomic E-state index is -0.625. The Morgan fingerprint density at radius 2 is 1.96 bits per heavy atom. The van der Waals surface area contributed by atoms with E-state index in [1.807, 2.05) is 5.38 Å². The van der Waals surface area contributed by atoms with E-state index in [1.165, 1.54) is 36.7 Å². The number of rotatable bonds is 5. The number of aromatic nitrogens is 1. The van der Waals surface area contributed by atoms with Crippen LogP contribution in [0.1, 0.15) is 33.3 Å². The zero-order chi connectivity index (χ0) is 19.8. The Balaban J connectivity index is 1.62. The van der Waals surface area contributed by atoms with Gasteiger partial charge in [-0.2, -0.15) is 0 Å². The van der Waals surface area contributed by atoms with Crippen LogP contribution in [0, 0.1) is 13.8 Å². The number of hydrogen-bond acceptors (Lipinski definition) is 7. The van der Waals surface area contributed by atoms with E-state index >= 15 is 0 Å². The molecule has 2 aromatic carbocycles. The highest BCUT2D eigenvalue weighted by molar-refractivity contribution is 7.14. The molecule has 1 N–H and O–H groups in total. The van der Waals surface area contributed by atoms with Gasteiger partial charge in [-0.3, -0.25) is 0 Å². The van der Waals surface area contributed by atoms with Gasteiger partial charge in [0.15, 0.2) is 16.6 Å². The molecule has 0 spiro atoms. The van der Waals surface area contributed by atoms with Gasteiger partial charge in [-0.05, 0) is 31.5 Å². The average molecular weight is 396 g/mol. The lowest BCUT2D eigenvalue weighted by Gasteiger charge is -2.13. The number of fused-ring (bicyclic) bond motifs is 1. The van der Waals surface area contributed by atoms with Crippen LogP contribution in [0.3, 0.4) is 0 Å². The van der Waals surface area contributed by atoms with Gasteiger partial charge < -0.3 is 19.5 Å². The van der Waals surface area contributed by atoms with Crippen molar-refractivity contribution in [3.8, 4) is 22.8 Å². The summed E-state index contributed by atoms with van der Waals surface area (Å²) in [5.74, 6) is 0.420. The summed E-state index contributed by atoms with van der Waals surface area (Å²) in [6, 6.07) is 9.85. The van der Waals surface area contributed by atoms with Crippen molar-refractivity contribution in [1.82, 2.24) is 4.98 Å². The first-order valence-corrected chi connectivity index (χ1v) is 9.65. The Hall–Kier alpha value is -3.06. The molecule has 0 aliphatic carbocycles. The number of hydrogen-bond donors (Lipinski definition) is 1. The minimum Gasteiger partial charge on any atom is -0.493 e. The monoisotopic (exact) mass is 396 g/mol. The van der Waals surface area contributed by atoms with Crippen LogP contribution in [0.4, 0.5) is 5.13 Å². The fourth-order valence-corrected chi connectivity index (χ4v) is 4.11. The summed E-state index contributed by atoms with van der Waals surface area (Å²) in [6.45, 7) is 4.14. The molecule has 1 aliphatic heterocycles. The number of thiazole rings is 1. The van der Waals surface area contributed by atoms with E-state index in [1.54, 1.807) is 12.1 Å². The average Bonchev–Trinajstić information content (AvgIpc) is 3.26. The Kier molecular flexibility index (Phi) is 4.68. The lowest BCUT2D eigenvalue weighted by Crippen LogP contribution is -2.10. The van der Waals surface area contributed by atoms with Crippen LogP contribution in [0.15, 0.2) is 35.7 Å². The van der Waals surface area contributed by atoms with Gasteiger partial charge in [0.25, 0.3) is 0 Å². The molecule has 0 radical (unpaired) electrons. The molecule has 28 heavy (non-hydrogen) atoms. The number of methoxy groups -OCH3 is 2. The number of nitrogens with one attached hydrogen (secondary N) is 1. The summed E-state index contributed by atoms with van der Waals surface area (Å²) in [6.07, 6.45) is -0.625. The van der Waals surface area contributed by atoms with E-state index in [9.17, 15) is 4.79 Å². The second-order valence-electron chi connectivity index (χ2n) is 6.55. The maximum Gasteiger partial charge on any atom is 0.344 e. The van der Waals surface area contributed by atoms with Crippen LogP contribution in [0.5, 0.6) is 11.5 Å². The van der Waals surface area contributed by atoms with Gasteiger partial charge in [0.05, 0.1) is 19.9 Å². The molecule has 0 saturated heterocycles. The summed E-state index contributed by atoms with van der Waals surface area (Å²) >= 11 is 1.47. The maximum atomic E-state index is 12.4. The number of anilines is 1. The summed E-state index contributed by atoms with van der Waals surface area (Å²) < 4.78 is 16.2. The third-order valence-corrected chi connectivity index (χ3v) is 5.48. The van der Waals surface area contributed by atoms with Crippen LogP contribution < -0.4 is 14.8 Å². The van der Waals surface area contributed by atoms with Gasteiger partial charge in [0.1, 0.15) is 5.56 Å². The van der Waals surface area contributed by atoms with Gasteiger partial charge in [-0.1, -0.05) is 23.8 Å². The van der Waals surface area contributed by atoms with Crippen LogP contribution in [0.25, 0.3) is 11.3 Å². The largest absolute Gasteiger partial charge is 0.493 e. The summed E-state index contributed by atoms with van der Waals surface area (Å²) in [5.41, 5.74) is 5.45. The van der Waals surface area contributed by atoms with Crippen molar-refractivity contribution < 1.29 is 19.0 Å². The third kappa shape index (κ3) is 3.07. The number of carbonyl (C=O) groups excluding carboxylic acids is 1. The Morgan fingerprint density at radius 3 is 2.68 bits per heavy atom. The molecule has 1 aliphatic rings. The maximum absolute atomic E-state index is 12.4. The van der Waals surface area contributed by atoms with Crippen LogP contribution >= 0.6 is 11.3 Å². The van der Waals surface area contributed by atoms with Crippen LogP contribution in [-0.2, 0) is 4.74 Å². The molecule has 0 amide bonds. The predicted octanol–water partition coefficient (Wildman–Crippen LogP) is 4.73. The molecule has 0 fully saturated rings. The number of aryl methyl sites for hydroxylation is 2. The first-order valence-electron chi connectivity index (χ1n) is 8.77. The van der Waals surface area contributed by atoms with Gasteiger partial charge in [-0.15, -0.1) is 11.3 Å². The number of carbonyl (C=O) groups is 1. The number of benzene rings is 2. The zero-order valence-corrected chi connectivity index (χ0v) is 16.8. The second kappa shape index (κ2) is 7.16. The SMILES string of the molecule is COc1ccc2c(c1OC)C(=O)OC2Nc1nc(-c2ccc(C)cc2C)cs1. The predicted molar refractivity (Wildman–Crippen MR) is 108 cm³/mol. The van der Waals surface area contributed by atoms with E-state index in [0.717, 1.165) is 11.3 Å². The summed E-state index contributed by atoms with van der Waals surface area (Å²) in [7, 11) is 3.04. The molecular formula is C21H20N2O4S. The molecular weight excluding hydrogens is 376 g/mol. The van der Waals surface area contributed by atoms with Crippen LogP contribution in [-0.4, -0.2) is 25.2 Å². The molecule has 1 aromatic heterocycles. The van der Waals surface area contributed by atoms with E-state index < -0.39 is 12.2 Å².